The third kappa shape index (κ3) is 2.32. The van der Waals surface area contributed by atoms with Crippen molar-refractivity contribution in [3.8, 4) is 0 Å². The molecule has 2 aromatic rings. The van der Waals surface area contributed by atoms with E-state index in [1.165, 1.54) is 4.57 Å². The second kappa shape index (κ2) is 5.88. The van der Waals surface area contributed by atoms with Gasteiger partial charge in [-0.15, -0.1) is 0 Å². The highest BCUT2D eigenvalue weighted by Gasteiger charge is 2.16. The first-order valence-corrected chi connectivity index (χ1v) is 6.33. The molecule has 0 aliphatic carbocycles. The highest BCUT2D eigenvalue weighted by atomic mass is 16.5. The van der Waals surface area contributed by atoms with Crippen molar-refractivity contribution in [3.63, 3.8) is 0 Å². The molecule has 0 saturated carbocycles. The van der Waals surface area contributed by atoms with Crippen molar-refractivity contribution in [1.29, 1.82) is 0 Å². The summed E-state index contributed by atoms with van der Waals surface area (Å²) in [4.78, 5) is 30.4. The van der Waals surface area contributed by atoms with E-state index in [2.05, 4.69) is 15.4 Å². The summed E-state index contributed by atoms with van der Waals surface area (Å²) in [6, 6.07) is 0. The molecule has 0 bridgehead atoms. The number of anilines is 1. The molecule has 2 aromatic heterocycles. The Kier molecular flexibility index (Phi) is 4.20. The van der Waals surface area contributed by atoms with Gasteiger partial charge in [0.05, 0.1) is 0 Å². The number of fused-ring (bicyclic) bond motifs is 1. The largest absolute Gasteiger partial charge is 0.385 e. The molecule has 0 aliphatic heterocycles. The smallest absolute Gasteiger partial charge is 0.330 e. The lowest BCUT2D eigenvalue weighted by Crippen LogP contribution is -2.31. The first-order chi connectivity index (χ1) is 9.63. The Morgan fingerprint density at radius 3 is 2.75 bits per heavy atom. The van der Waals surface area contributed by atoms with Crippen LogP contribution in [0.1, 0.15) is 13.3 Å². The van der Waals surface area contributed by atoms with Crippen LogP contribution < -0.4 is 22.5 Å². The van der Waals surface area contributed by atoms with E-state index in [1.807, 2.05) is 6.92 Å². The van der Waals surface area contributed by atoms with Crippen molar-refractivity contribution in [3.05, 3.63) is 20.8 Å². The number of hydrazine groups is 1. The van der Waals surface area contributed by atoms with Crippen molar-refractivity contribution in [2.24, 2.45) is 5.84 Å². The van der Waals surface area contributed by atoms with Crippen LogP contribution in [0.5, 0.6) is 0 Å². The van der Waals surface area contributed by atoms with E-state index in [0.717, 1.165) is 0 Å². The summed E-state index contributed by atoms with van der Waals surface area (Å²) in [6.07, 6.45) is 0.641. The lowest BCUT2D eigenvalue weighted by atomic mass is 10.4. The van der Waals surface area contributed by atoms with E-state index in [-0.39, 0.29) is 0 Å². The maximum atomic E-state index is 12.0. The Morgan fingerprint density at radius 2 is 2.15 bits per heavy atom. The summed E-state index contributed by atoms with van der Waals surface area (Å²) in [6.45, 7) is 3.30. The molecule has 110 valence electrons. The van der Waals surface area contributed by atoms with Crippen molar-refractivity contribution >= 4 is 17.1 Å². The summed E-state index contributed by atoms with van der Waals surface area (Å²) < 4.78 is 8.01. The molecule has 2 rings (SSSR count). The number of ether oxygens (including phenoxy) is 1. The standard InChI is InChI=1S/C11H18N6O3/c1-3-16-7-8(13-10(16)15-12)17(5-4-6-20-2)11(19)14-9(7)18/h3-6,12H2,1-2H3,(H,13,15)(H,14,18,19). The van der Waals surface area contributed by atoms with Crippen LogP contribution in [0.3, 0.4) is 0 Å². The average Bonchev–Trinajstić information content (AvgIpc) is 2.81. The molecule has 0 fully saturated rings. The summed E-state index contributed by atoms with van der Waals surface area (Å²) in [5, 5.41) is 0. The molecule has 20 heavy (non-hydrogen) atoms. The number of nitrogens with zero attached hydrogens (tertiary/aromatic N) is 3. The zero-order chi connectivity index (χ0) is 14.7. The van der Waals surface area contributed by atoms with E-state index in [9.17, 15) is 9.59 Å². The molecule has 0 radical (unpaired) electrons. The fourth-order valence-electron chi connectivity index (χ4n) is 2.17. The number of nitrogens with one attached hydrogen (secondary N) is 2. The molecule has 4 N–H and O–H groups in total. The monoisotopic (exact) mass is 282 g/mol. The Balaban J connectivity index is 2.66. The van der Waals surface area contributed by atoms with Crippen LogP contribution in [-0.2, 0) is 17.8 Å². The lowest BCUT2D eigenvalue weighted by Gasteiger charge is -2.06. The first kappa shape index (κ1) is 14.3. The van der Waals surface area contributed by atoms with Crippen LogP contribution in [0.2, 0.25) is 0 Å². The zero-order valence-electron chi connectivity index (χ0n) is 11.5. The molecule has 2 heterocycles. The SMILES string of the molecule is CCn1c(NN)nc2c1c(=O)[nH]c(=O)n2CCCOC. The minimum atomic E-state index is -0.483. The number of rotatable bonds is 6. The number of H-pyrrole nitrogens is 1. The zero-order valence-corrected chi connectivity index (χ0v) is 11.5. The summed E-state index contributed by atoms with van der Waals surface area (Å²) in [5.41, 5.74) is 2.14. The van der Waals surface area contributed by atoms with Crippen LogP contribution in [-0.4, -0.2) is 32.8 Å². The van der Waals surface area contributed by atoms with Gasteiger partial charge in [0.25, 0.3) is 5.56 Å². The summed E-state index contributed by atoms with van der Waals surface area (Å²) in [5.74, 6) is 5.74. The van der Waals surface area contributed by atoms with E-state index in [1.54, 1.807) is 11.7 Å². The molecular weight excluding hydrogens is 264 g/mol. The summed E-state index contributed by atoms with van der Waals surface area (Å²) in [7, 11) is 1.59. The lowest BCUT2D eigenvalue weighted by molar-refractivity contribution is 0.190. The van der Waals surface area contributed by atoms with Gasteiger partial charge in [-0.3, -0.25) is 19.8 Å². The predicted octanol–water partition coefficient (Wildman–Crippen LogP) is -0.772. The van der Waals surface area contributed by atoms with Crippen LogP contribution >= 0.6 is 0 Å². The second-order valence-corrected chi connectivity index (χ2v) is 4.25. The molecule has 9 nitrogen and oxygen atoms in total. The van der Waals surface area contributed by atoms with Gasteiger partial charge in [0.1, 0.15) is 0 Å². The topological polar surface area (TPSA) is 120 Å². The van der Waals surface area contributed by atoms with Crippen LogP contribution in [0.25, 0.3) is 11.2 Å². The van der Waals surface area contributed by atoms with E-state index in [4.69, 9.17) is 10.6 Å². The average molecular weight is 282 g/mol. The van der Waals surface area contributed by atoms with Crippen molar-refractivity contribution in [2.45, 2.75) is 26.4 Å². The number of aromatic amines is 1. The molecule has 0 amide bonds. The fraction of sp³-hybridized carbons (Fsp3) is 0.545. The highest BCUT2D eigenvalue weighted by molar-refractivity contribution is 5.74. The maximum absolute atomic E-state index is 12.0. The van der Waals surface area contributed by atoms with Crippen LogP contribution in [0, 0.1) is 0 Å². The molecular formula is C11H18N6O3. The van der Waals surface area contributed by atoms with Gasteiger partial charge in [-0.2, -0.15) is 4.98 Å². The molecule has 9 heteroatoms. The Hall–Kier alpha value is -2.13. The van der Waals surface area contributed by atoms with Crippen LogP contribution in [0.4, 0.5) is 5.95 Å². The highest BCUT2D eigenvalue weighted by Crippen LogP contribution is 2.14. The molecule has 0 unspecified atom stereocenters. The third-order valence-electron chi connectivity index (χ3n) is 3.06. The van der Waals surface area contributed by atoms with Crippen molar-refractivity contribution < 1.29 is 4.74 Å². The quantitative estimate of drug-likeness (QED) is 0.363. The van der Waals surface area contributed by atoms with E-state index >= 15 is 0 Å². The number of aromatic nitrogens is 4. The first-order valence-electron chi connectivity index (χ1n) is 6.33. The van der Waals surface area contributed by atoms with Gasteiger partial charge in [-0.1, -0.05) is 0 Å². The number of imidazole rings is 1. The normalized spacial score (nSPS) is 11.2. The third-order valence-corrected chi connectivity index (χ3v) is 3.06. The molecule has 0 aliphatic rings. The van der Waals surface area contributed by atoms with Crippen molar-refractivity contribution in [2.75, 3.05) is 19.1 Å². The molecule has 0 saturated heterocycles. The molecule has 0 aromatic carbocycles. The van der Waals surface area contributed by atoms with Gasteiger partial charge in [0.2, 0.25) is 5.95 Å². The number of nitrogen functional groups attached to an aromatic ring is 1. The number of nitrogens with two attached hydrogens (primary N) is 1. The maximum Gasteiger partial charge on any atom is 0.330 e. The van der Waals surface area contributed by atoms with E-state index in [0.29, 0.717) is 43.2 Å². The van der Waals surface area contributed by atoms with Gasteiger partial charge in [0.15, 0.2) is 11.2 Å². The Morgan fingerprint density at radius 1 is 1.40 bits per heavy atom. The Labute approximate surface area is 114 Å². The number of methoxy groups -OCH3 is 1. The molecule has 0 spiro atoms. The van der Waals surface area contributed by atoms with Gasteiger partial charge in [-0.25, -0.2) is 10.6 Å². The van der Waals surface area contributed by atoms with Crippen LogP contribution in [0.15, 0.2) is 9.59 Å². The number of hydrogen-bond acceptors (Lipinski definition) is 6. The fourth-order valence-corrected chi connectivity index (χ4v) is 2.17. The minimum Gasteiger partial charge on any atom is -0.385 e. The van der Waals surface area contributed by atoms with Crippen molar-refractivity contribution in [1.82, 2.24) is 19.1 Å². The van der Waals surface area contributed by atoms with Gasteiger partial charge < -0.3 is 9.30 Å². The van der Waals surface area contributed by atoms with E-state index < -0.39 is 11.2 Å². The summed E-state index contributed by atoms with van der Waals surface area (Å²) >= 11 is 0. The second-order valence-electron chi connectivity index (χ2n) is 4.25. The van der Waals surface area contributed by atoms with Gasteiger partial charge in [-0.05, 0) is 13.3 Å². The number of hydrogen-bond donors (Lipinski definition) is 3. The van der Waals surface area contributed by atoms with Gasteiger partial charge >= 0.3 is 5.69 Å². The minimum absolute atomic E-state index is 0.324. The Bertz CT molecular complexity index is 713. The predicted molar refractivity (Wildman–Crippen MR) is 74.6 cm³/mol. The van der Waals surface area contributed by atoms with Gasteiger partial charge in [0, 0.05) is 26.8 Å². The molecule has 0 atom stereocenters. The number of aryl methyl sites for hydroxylation is 2.